The molecular weight excluding hydrogens is 392 g/mol. The Morgan fingerprint density at radius 2 is 2.10 bits per heavy atom. The van der Waals surface area contributed by atoms with Gasteiger partial charge in [0.25, 0.3) is 0 Å². The van der Waals surface area contributed by atoms with Crippen LogP contribution in [-0.4, -0.2) is 50.4 Å². The SMILES string of the molecule is C=CCOC(=O)C1=CC(c2coc3ccccc3c2=O)CC(OCCOCCO)O1. The lowest BCUT2D eigenvalue weighted by molar-refractivity contribution is -0.163. The Morgan fingerprint density at radius 1 is 1.27 bits per heavy atom. The lowest BCUT2D eigenvalue weighted by Gasteiger charge is -2.28. The van der Waals surface area contributed by atoms with Crippen LogP contribution < -0.4 is 5.43 Å². The van der Waals surface area contributed by atoms with Gasteiger partial charge in [0, 0.05) is 17.9 Å². The van der Waals surface area contributed by atoms with Gasteiger partial charge in [-0.2, -0.15) is 0 Å². The van der Waals surface area contributed by atoms with Crippen LogP contribution in [0.5, 0.6) is 0 Å². The highest BCUT2D eigenvalue weighted by Gasteiger charge is 2.31. The zero-order valence-corrected chi connectivity index (χ0v) is 16.5. The molecule has 0 saturated heterocycles. The lowest BCUT2D eigenvalue weighted by Crippen LogP contribution is -2.30. The van der Waals surface area contributed by atoms with Crippen LogP contribution in [0.1, 0.15) is 17.9 Å². The maximum Gasteiger partial charge on any atom is 0.373 e. The van der Waals surface area contributed by atoms with Crippen LogP contribution in [-0.2, 0) is 23.7 Å². The number of carbonyl (C=O) groups excluding carboxylic acids is 1. The summed E-state index contributed by atoms with van der Waals surface area (Å²) < 4.78 is 27.1. The molecule has 1 aliphatic rings. The first-order valence-electron chi connectivity index (χ1n) is 9.61. The van der Waals surface area contributed by atoms with Crippen molar-refractivity contribution in [1.82, 2.24) is 0 Å². The van der Waals surface area contributed by atoms with Gasteiger partial charge < -0.3 is 28.5 Å². The highest BCUT2D eigenvalue weighted by Crippen LogP contribution is 2.31. The molecule has 8 heteroatoms. The number of aliphatic hydroxyl groups excluding tert-OH is 1. The molecule has 3 rings (SSSR count). The molecule has 8 nitrogen and oxygen atoms in total. The number of hydrogen-bond donors (Lipinski definition) is 1. The first-order chi connectivity index (χ1) is 14.6. The van der Waals surface area contributed by atoms with Crippen molar-refractivity contribution in [2.45, 2.75) is 18.6 Å². The van der Waals surface area contributed by atoms with E-state index < -0.39 is 18.2 Å². The van der Waals surface area contributed by atoms with Crippen molar-refractivity contribution in [2.75, 3.05) is 33.0 Å². The largest absolute Gasteiger partial charge is 0.464 e. The molecule has 160 valence electrons. The Bertz CT molecular complexity index is 961. The molecule has 1 aliphatic heterocycles. The average molecular weight is 416 g/mol. The molecule has 1 aromatic carbocycles. The van der Waals surface area contributed by atoms with E-state index in [1.807, 2.05) is 0 Å². The monoisotopic (exact) mass is 416 g/mol. The van der Waals surface area contributed by atoms with E-state index >= 15 is 0 Å². The smallest absolute Gasteiger partial charge is 0.373 e. The van der Waals surface area contributed by atoms with E-state index in [0.29, 0.717) is 23.0 Å². The van der Waals surface area contributed by atoms with Gasteiger partial charge in [0.05, 0.1) is 38.1 Å². The summed E-state index contributed by atoms with van der Waals surface area (Å²) in [6.07, 6.45) is 3.93. The van der Waals surface area contributed by atoms with E-state index in [2.05, 4.69) is 6.58 Å². The predicted octanol–water partition coefficient (Wildman–Crippen LogP) is 2.26. The maximum absolute atomic E-state index is 13.0. The van der Waals surface area contributed by atoms with Crippen molar-refractivity contribution in [3.8, 4) is 0 Å². The van der Waals surface area contributed by atoms with E-state index in [0.717, 1.165) is 0 Å². The van der Waals surface area contributed by atoms with Crippen molar-refractivity contribution in [3.05, 3.63) is 70.8 Å². The molecule has 2 atom stereocenters. The van der Waals surface area contributed by atoms with Crippen molar-refractivity contribution in [1.29, 1.82) is 0 Å². The van der Waals surface area contributed by atoms with Crippen molar-refractivity contribution >= 4 is 16.9 Å². The Hall–Kier alpha value is -2.94. The maximum atomic E-state index is 13.0. The molecular formula is C22H24O8. The number of ether oxygens (including phenoxy) is 4. The van der Waals surface area contributed by atoms with E-state index in [4.69, 9.17) is 28.5 Å². The molecule has 0 bridgehead atoms. The second-order valence-electron chi connectivity index (χ2n) is 6.53. The van der Waals surface area contributed by atoms with Crippen molar-refractivity contribution in [3.63, 3.8) is 0 Å². The fraction of sp³-hybridized carbons (Fsp3) is 0.364. The molecule has 1 aromatic heterocycles. The standard InChI is InChI=1S/C22H24O8/c1-2-8-28-22(25)19-12-15(13-20(30-19)27-11-10-26-9-7-23)17-14-29-18-6-4-3-5-16(18)21(17)24/h2-6,12,14-15,20,23H,1,7-11,13H2. The van der Waals surface area contributed by atoms with Crippen molar-refractivity contribution < 1.29 is 33.3 Å². The van der Waals surface area contributed by atoms with Gasteiger partial charge in [0.15, 0.2) is 5.43 Å². The summed E-state index contributed by atoms with van der Waals surface area (Å²) in [5.74, 6) is -1.17. The average Bonchev–Trinajstić information content (AvgIpc) is 2.77. The van der Waals surface area contributed by atoms with Crippen molar-refractivity contribution in [2.24, 2.45) is 0 Å². The van der Waals surface area contributed by atoms with Gasteiger partial charge in [-0.05, 0) is 18.2 Å². The topological polar surface area (TPSA) is 104 Å². The van der Waals surface area contributed by atoms with Crippen LogP contribution in [0.2, 0.25) is 0 Å². The van der Waals surface area contributed by atoms with E-state index in [9.17, 15) is 9.59 Å². The van der Waals surface area contributed by atoms with Crippen LogP contribution in [0, 0.1) is 0 Å². The molecule has 0 amide bonds. The molecule has 0 spiro atoms. The molecule has 0 saturated carbocycles. The quantitative estimate of drug-likeness (QED) is 0.357. The molecule has 0 aliphatic carbocycles. The fourth-order valence-electron chi connectivity index (χ4n) is 3.08. The third-order valence-corrected chi connectivity index (χ3v) is 4.46. The minimum absolute atomic E-state index is 0.0306. The van der Waals surface area contributed by atoms with Crippen LogP contribution in [0.4, 0.5) is 0 Å². The van der Waals surface area contributed by atoms with Gasteiger partial charge in [-0.3, -0.25) is 4.79 Å². The number of fused-ring (bicyclic) bond motifs is 1. The zero-order valence-electron chi connectivity index (χ0n) is 16.5. The number of rotatable bonds is 10. The molecule has 30 heavy (non-hydrogen) atoms. The highest BCUT2D eigenvalue weighted by molar-refractivity contribution is 5.86. The van der Waals surface area contributed by atoms with Crippen LogP contribution >= 0.6 is 0 Å². The fourth-order valence-corrected chi connectivity index (χ4v) is 3.08. The summed E-state index contributed by atoms with van der Waals surface area (Å²) >= 11 is 0. The molecule has 0 fully saturated rings. The van der Waals surface area contributed by atoms with Gasteiger partial charge in [0.1, 0.15) is 12.2 Å². The Kier molecular flexibility index (Phi) is 7.78. The van der Waals surface area contributed by atoms with Gasteiger partial charge in [-0.1, -0.05) is 24.8 Å². The van der Waals surface area contributed by atoms with E-state index in [1.54, 1.807) is 30.3 Å². The summed E-state index contributed by atoms with van der Waals surface area (Å²) in [4.78, 5) is 25.3. The zero-order chi connectivity index (χ0) is 21.3. The minimum atomic E-state index is -0.783. The number of hydrogen-bond acceptors (Lipinski definition) is 8. The number of esters is 1. The number of aliphatic hydroxyl groups is 1. The van der Waals surface area contributed by atoms with Gasteiger partial charge >= 0.3 is 5.97 Å². The summed E-state index contributed by atoms with van der Waals surface area (Å²) in [6, 6.07) is 6.96. The predicted molar refractivity (Wildman–Crippen MR) is 108 cm³/mol. The van der Waals surface area contributed by atoms with E-state index in [-0.39, 0.29) is 44.2 Å². The molecule has 2 heterocycles. The molecule has 2 aromatic rings. The second-order valence-corrected chi connectivity index (χ2v) is 6.53. The normalized spacial score (nSPS) is 18.5. The van der Waals surface area contributed by atoms with Gasteiger partial charge in [0.2, 0.25) is 12.0 Å². The summed E-state index contributed by atoms with van der Waals surface area (Å²) in [6.45, 7) is 4.11. The van der Waals surface area contributed by atoms with Crippen LogP contribution in [0.3, 0.4) is 0 Å². The first-order valence-corrected chi connectivity index (χ1v) is 9.61. The lowest BCUT2D eigenvalue weighted by atomic mass is 9.93. The van der Waals surface area contributed by atoms with Gasteiger partial charge in [-0.25, -0.2) is 4.79 Å². The Morgan fingerprint density at radius 3 is 2.90 bits per heavy atom. The highest BCUT2D eigenvalue weighted by atomic mass is 16.7. The summed E-state index contributed by atoms with van der Waals surface area (Å²) in [5, 5.41) is 9.21. The summed E-state index contributed by atoms with van der Waals surface area (Å²) in [7, 11) is 0. The molecule has 1 N–H and O–H groups in total. The van der Waals surface area contributed by atoms with Crippen LogP contribution in [0.25, 0.3) is 11.0 Å². The van der Waals surface area contributed by atoms with E-state index in [1.165, 1.54) is 12.3 Å². The Balaban J connectivity index is 1.83. The molecule has 0 radical (unpaired) electrons. The van der Waals surface area contributed by atoms with Gasteiger partial charge in [-0.15, -0.1) is 0 Å². The first kappa shape index (κ1) is 21.8. The number of allylic oxidation sites excluding steroid dienone is 1. The molecule has 2 unspecified atom stereocenters. The summed E-state index contributed by atoms with van der Waals surface area (Å²) in [5.41, 5.74) is 0.710. The van der Waals surface area contributed by atoms with Crippen LogP contribution in [0.15, 0.2) is 64.2 Å². The second kappa shape index (κ2) is 10.7. The number of benzene rings is 1. The third kappa shape index (κ3) is 5.35. The number of para-hydroxylation sites is 1. The third-order valence-electron chi connectivity index (χ3n) is 4.46. The number of carbonyl (C=O) groups is 1. The minimum Gasteiger partial charge on any atom is -0.464 e. The Labute approximate surface area is 173 Å².